The molecule has 0 spiro atoms. The molecule has 0 aliphatic heterocycles. The van der Waals surface area contributed by atoms with Crippen LogP contribution in [0, 0.1) is 5.82 Å². The summed E-state index contributed by atoms with van der Waals surface area (Å²) in [5.74, 6) is -0.677. The zero-order valence-electron chi connectivity index (χ0n) is 11.6. The van der Waals surface area contributed by atoms with Gasteiger partial charge in [-0.1, -0.05) is 36.4 Å². The second kappa shape index (κ2) is 5.66. The molecule has 1 amide bonds. The number of amides is 1. The Kier molecular flexibility index (Phi) is 3.71. The van der Waals surface area contributed by atoms with Gasteiger partial charge in [0.25, 0.3) is 0 Å². The molecular weight excluding hydrogens is 267 g/mol. The van der Waals surface area contributed by atoms with Gasteiger partial charge < -0.3 is 5.73 Å². The van der Waals surface area contributed by atoms with Gasteiger partial charge in [-0.15, -0.1) is 0 Å². The molecule has 0 bridgehead atoms. The van der Waals surface area contributed by atoms with Gasteiger partial charge in [-0.3, -0.25) is 10.1 Å². The second-order valence-electron chi connectivity index (χ2n) is 5.35. The van der Waals surface area contributed by atoms with Crippen LogP contribution in [-0.2, 0) is 11.2 Å². The number of fused-ring (bicyclic) bond motifs is 1. The fraction of sp³-hybridized carbons (Fsp3) is 0.235. The third kappa shape index (κ3) is 2.81. The first kappa shape index (κ1) is 13.8. The van der Waals surface area contributed by atoms with Gasteiger partial charge in [0.05, 0.1) is 0 Å². The van der Waals surface area contributed by atoms with Crippen LogP contribution in [0.3, 0.4) is 0 Å². The molecule has 0 fully saturated rings. The highest BCUT2D eigenvalue weighted by Crippen LogP contribution is 2.33. The maximum Gasteiger partial charge on any atom is 0.239 e. The average molecular weight is 284 g/mol. The highest BCUT2D eigenvalue weighted by Gasteiger charge is 2.27. The fourth-order valence-corrected chi connectivity index (χ4v) is 2.94. The molecule has 0 aromatic heterocycles. The predicted molar refractivity (Wildman–Crippen MR) is 79.0 cm³/mol. The minimum absolute atomic E-state index is 0.0478. The third-order valence-electron chi connectivity index (χ3n) is 3.97. The Bertz CT molecular complexity index is 657. The number of hydrogen-bond acceptors (Lipinski definition) is 2. The number of aryl methyl sites for hydroxylation is 1. The van der Waals surface area contributed by atoms with E-state index >= 15 is 0 Å². The monoisotopic (exact) mass is 284 g/mol. The molecule has 0 saturated heterocycles. The molecule has 2 unspecified atom stereocenters. The lowest BCUT2D eigenvalue weighted by Gasteiger charge is -2.21. The van der Waals surface area contributed by atoms with Crippen LogP contribution in [0.1, 0.15) is 35.2 Å². The molecule has 1 aliphatic carbocycles. The minimum Gasteiger partial charge on any atom is -0.368 e. The van der Waals surface area contributed by atoms with Crippen LogP contribution in [0.15, 0.2) is 48.5 Å². The standard InChI is InChI=1S/C17H17FN2O/c18-13-8-6-11-7-9-15(14(11)10-13)20-16(17(19)21)12-4-2-1-3-5-12/h1-6,8,10,15-16,20H,7,9H2,(H2,19,21). The molecule has 1 aliphatic rings. The van der Waals surface area contributed by atoms with E-state index in [4.69, 9.17) is 5.73 Å². The third-order valence-corrected chi connectivity index (χ3v) is 3.97. The average Bonchev–Trinajstić information content (AvgIpc) is 2.87. The number of hydrogen-bond donors (Lipinski definition) is 2. The van der Waals surface area contributed by atoms with Gasteiger partial charge in [-0.25, -0.2) is 4.39 Å². The Morgan fingerprint density at radius 2 is 2.00 bits per heavy atom. The summed E-state index contributed by atoms with van der Waals surface area (Å²) in [5.41, 5.74) is 8.41. The van der Waals surface area contributed by atoms with E-state index in [1.807, 2.05) is 36.4 Å². The lowest BCUT2D eigenvalue weighted by Crippen LogP contribution is -2.35. The van der Waals surface area contributed by atoms with Gasteiger partial charge in [0.15, 0.2) is 0 Å². The lowest BCUT2D eigenvalue weighted by atomic mass is 10.0. The molecule has 3 nitrogen and oxygen atoms in total. The Hall–Kier alpha value is -2.20. The smallest absolute Gasteiger partial charge is 0.239 e. The van der Waals surface area contributed by atoms with Crippen molar-refractivity contribution in [1.29, 1.82) is 0 Å². The first-order valence-corrected chi connectivity index (χ1v) is 7.04. The van der Waals surface area contributed by atoms with Gasteiger partial charge in [0.1, 0.15) is 11.9 Å². The Morgan fingerprint density at radius 3 is 2.71 bits per heavy atom. The number of rotatable bonds is 4. The Balaban J connectivity index is 1.86. The summed E-state index contributed by atoms with van der Waals surface area (Å²) in [6.45, 7) is 0. The predicted octanol–water partition coefficient (Wildman–Crippen LogP) is 2.63. The number of nitrogens with two attached hydrogens (primary N) is 1. The summed E-state index contributed by atoms with van der Waals surface area (Å²) < 4.78 is 13.4. The highest BCUT2D eigenvalue weighted by atomic mass is 19.1. The van der Waals surface area contributed by atoms with Crippen LogP contribution in [0.25, 0.3) is 0 Å². The molecule has 0 radical (unpaired) electrons. The molecule has 4 heteroatoms. The van der Waals surface area contributed by atoms with Crippen molar-refractivity contribution in [3.8, 4) is 0 Å². The van der Waals surface area contributed by atoms with Gasteiger partial charge in [-0.2, -0.15) is 0 Å². The summed E-state index contributed by atoms with van der Waals surface area (Å²) in [5, 5.41) is 3.27. The molecule has 2 aromatic carbocycles. The summed E-state index contributed by atoms with van der Waals surface area (Å²) >= 11 is 0. The number of nitrogens with one attached hydrogen (secondary N) is 1. The zero-order valence-corrected chi connectivity index (χ0v) is 11.6. The molecule has 108 valence electrons. The van der Waals surface area contributed by atoms with Crippen molar-refractivity contribution in [3.63, 3.8) is 0 Å². The van der Waals surface area contributed by atoms with Crippen molar-refractivity contribution in [2.45, 2.75) is 24.9 Å². The molecular formula is C17H17FN2O. The van der Waals surface area contributed by atoms with E-state index in [0.29, 0.717) is 0 Å². The molecule has 2 aromatic rings. The Morgan fingerprint density at radius 1 is 1.24 bits per heavy atom. The van der Waals surface area contributed by atoms with Gasteiger partial charge >= 0.3 is 0 Å². The lowest BCUT2D eigenvalue weighted by molar-refractivity contribution is -0.120. The van der Waals surface area contributed by atoms with Crippen molar-refractivity contribution in [1.82, 2.24) is 5.32 Å². The van der Waals surface area contributed by atoms with Crippen molar-refractivity contribution >= 4 is 5.91 Å². The van der Waals surface area contributed by atoms with Crippen LogP contribution in [0.5, 0.6) is 0 Å². The SMILES string of the molecule is NC(=O)C(NC1CCc2ccc(F)cc21)c1ccccc1. The van der Waals surface area contributed by atoms with Gasteiger partial charge in [0.2, 0.25) is 5.91 Å². The number of halogens is 1. The van der Waals surface area contributed by atoms with E-state index in [9.17, 15) is 9.18 Å². The first-order chi connectivity index (χ1) is 10.1. The topological polar surface area (TPSA) is 55.1 Å². The molecule has 2 atom stereocenters. The quantitative estimate of drug-likeness (QED) is 0.907. The van der Waals surface area contributed by atoms with E-state index in [1.165, 1.54) is 6.07 Å². The minimum atomic E-state index is -0.564. The molecule has 0 heterocycles. The van der Waals surface area contributed by atoms with E-state index in [-0.39, 0.29) is 11.9 Å². The van der Waals surface area contributed by atoms with Crippen LogP contribution in [-0.4, -0.2) is 5.91 Å². The van der Waals surface area contributed by atoms with Gasteiger partial charge in [-0.05, 0) is 41.7 Å². The summed E-state index contributed by atoms with van der Waals surface area (Å²) in [6.07, 6.45) is 1.73. The Labute approximate surface area is 123 Å². The van der Waals surface area contributed by atoms with Gasteiger partial charge in [0, 0.05) is 6.04 Å². The number of benzene rings is 2. The van der Waals surface area contributed by atoms with Crippen molar-refractivity contribution in [3.05, 3.63) is 71.0 Å². The van der Waals surface area contributed by atoms with Crippen LogP contribution < -0.4 is 11.1 Å². The number of primary amides is 1. The largest absolute Gasteiger partial charge is 0.368 e. The van der Waals surface area contributed by atoms with Crippen molar-refractivity contribution in [2.24, 2.45) is 5.73 Å². The van der Waals surface area contributed by atoms with E-state index in [2.05, 4.69) is 5.32 Å². The highest BCUT2D eigenvalue weighted by molar-refractivity contribution is 5.81. The summed E-state index contributed by atoms with van der Waals surface area (Å²) in [6, 6.07) is 13.6. The van der Waals surface area contributed by atoms with E-state index in [1.54, 1.807) is 6.07 Å². The molecule has 0 saturated carbocycles. The molecule has 21 heavy (non-hydrogen) atoms. The van der Waals surface area contributed by atoms with Crippen molar-refractivity contribution < 1.29 is 9.18 Å². The van der Waals surface area contributed by atoms with E-state index < -0.39 is 11.9 Å². The normalized spacial score (nSPS) is 18.2. The first-order valence-electron chi connectivity index (χ1n) is 7.04. The summed E-state index contributed by atoms with van der Waals surface area (Å²) in [4.78, 5) is 11.8. The van der Waals surface area contributed by atoms with Crippen LogP contribution in [0.2, 0.25) is 0 Å². The molecule has 3 rings (SSSR count). The summed E-state index contributed by atoms with van der Waals surface area (Å²) in [7, 11) is 0. The van der Waals surface area contributed by atoms with Crippen LogP contribution in [0.4, 0.5) is 4.39 Å². The van der Waals surface area contributed by atoms with E-state index in [0.717, 1.165) is 29.5 Å². The van der Waals surface area contributed by atoms with Crippen molar-refractivity contribution in [2.75, 3.05) is 0 Å². The zero-order chi connectivity index (χ0) is 14.8. The second-order valence-corrected chi connectivity index (χ2v) is 5.35. The number of carbonyl (C=O) groups is 1. The van der Waals surface area contributed by atoms with Crippen LogP contribution >= 0.6 is 0 Å². The molecule has 3 N–H and O–H groups in total. The maximum atomic E-state index is 13.4. The maximum absolute atomic E-state index is 13.4. The fourth-order valence-electron chi connectivity index (χ4n) is 2.94. The number of carbonyl (C=O) groups excluding carboxylic acids is 1.